The highest BCUT2D eigenvalue weighted by Crippen LogP contribution is 2.39. The number of rotatable bonds is 12. The minimum absolute atomic E-state index is 0.0127. The average Bonchev–Trinajstić information content (AvgIpc) is 3.06. The van der Waals surface area contributed by atoms with Gasteiger partial charge in [-0.25, -0.2) is 0 Å². The molecule has 1 aliphatic heterocycles. The van der Waals surface area contributed by atoms with Gasteiger partial charge in [0.2, 0.25) is 11.8 Å². The summed E-state index contributed by atoms with van der Waals surface area (Å²) in [4.78, 5) is 34.5. The molecule has 1 rings (SSSR count). The van der Waals surface area contributed by atoms with Gasteiger partial charge in [-0.2, -0.15) is 0 Å². The van der Waals surface area contributed by atoms with Crippen molar-refractivity contribution in [3.8, 4) is 0 Å². The van der Waals surface area contributed by atoms with E-state index in [1.807, 2.05) is 21.6 Å². The molecule has 1 unspecified atom stereocenters. The van der Waals surface area contributed by atoms with Gasteiger partial charge in [0.15, 0.2) is 5.78 Å². The molecule has 0 saturated carbocycles. The van der Waals surface area contributed by atoms with E-state index in [0.717, 1.165) is 24.5 Å². The lowest BCUT2D eigenvalue weighted by atomic mass is 10.1. The van der Waals surface area contributed by atoms with Gasteiger partial charge in [0.25, 0.3) is 0 Å². The minimum atomic E-state index is -0.262. The second-order valence-corrected chi connectivity index (χ2v) is 8.25. The van der Waals surface area contributed by atoms with Gasteiger partial charge < -0.3 is 15.7 Å². The van der Waals surface area contributed by atoms with E-state index >= 15 is 0 Å². The van der Waals surface area contributed by atoms with Crippen LogP contribution in [0.25, 0.3) is 0 Å². The number of aliphatic hydroxyl groups excluding tert-OH is 1. The Hall–Kier alpha value is -0.730. The van der Waals surface area contributed by atoms with Crippen molar-refractivity contribution in [3.63, 3.8) is 0 Å². The van der Waals surface area contributed by atoms with E-state index in [1.54, 1.807) is 0 Å². The predicted molar refractivity (Wildman–Crippen MR) is 94.3 cm³/mol. The summed E-state index contributed by atoms with van der Waals surface area (Å²) in [7, 11) is 3.88. The fraction of sp³-hybridized carbons (Fsp3) is 0.800. The van der Waals surface area contributed by atoms with E-state index in [4.69, 9.17) is 5.11 Å². The Balaban J connectivity index is 1.97. The van der Waals surface area contributed by atoms with Crippen molar-refractivity contribution in [2.45, 2.75) is 50.2 Å². The Kier molecular flexibility index (Phi) is 11.2. The van der Waals surface area contributed by atoms with Gasteiger partial charge in [0.1, 0.15) is 0 Å². The molecule has 6 nitrogen and oxygen atoms in total. The normalized spacial score (nSPS) is 17.0. The smallest absolute Gasteiger partial charge is 0.220 e. The molecule has 1 atom stereocenters. The highest BCUT2D eigenvalue weighted by Gasteiger charge is 2.16. The molecule has 0 aromatic rings. The van der Waals surface area contributed by atoms with E-state index in [0.29, 0.717) is 6.42 Å². The van der Waals surface area contributed by atoms with Crippen molar-refractivity contribution < 1.29 is 19.5 Å². The van der Waals surface area contributed by atoms with Crippen LogP contribution >= 0.6 is 21.6 Å². The minimum Gasteiger partial charge on any atom is -0.395 e. The van der Waals surface area contributed by atoms with Crippen LogP contribution in [0.3, 0.4) is 0 Å². The first kappa shape index (κ1) is 20.3. The Morgan fingerprint density at radius 1 is 1.04 bits per heavy atom. The molecule has 0 aromatic heterocycles. The maximum Gasteiger partial charge on any atom is 0.220 e. The number of Topliss-reactive ketones (excluding diaryl/α,β-unsaturated/α-hetero) is 1. The zero-order valence-electron chi connectivity index (χ0n) is 13.3. The molecule has 0 spiro atoms. The first-order valence-corrected chi connectivity index (χ1v) is 10.4. The number of aliphatic hydroxyl groups is 1. The summed E-state index contributed by atoms with van der Waals surface area (Å²) in [5.74, 6) is 0.714. The molecular weight excluding hydrogens is 336 g/mol. The van der Waals surface area contributed by atoms with Crippen LogP contribution in [0, 0.1) is 0 Å². The molecule has 132 valence electrons. The number of carbonyl (C=O) groups excluding carboxylic acids is 3. The van der Waals surface area contributed by atoms with Gasteiger partial charge >= 0.3 is 0 Å². The van der Waals surface area contributed by atoms with Crippen molar-refractivity contribution in [2.75, 3.05) is 25.4 Å². The Morgan fingerprint density at radius 3 is 2.52 bits per heavy atom. The number of nitrogens with one attached hydrogen (secondary N) is 2. The number of amides is 2. The molecule has 0 aromatic carbocycles. The molecule has 1 aliphatic rings. The van der Waals surface area contributed by atoms with Crippen LogP contribution in [0.15, 0.2) is 0 Å². The van der Waals surface area contributed by atoms with E-state index in [9.17, 15) is 14.4 Å². The topological polar surface area (TPSA) is 95.5 Å². The first-order chi connectivity index (χ1) is 11.1. The van der Waals surface area contributed by atoms with Crippen molar-refractivity contribution in [1.82, 2.24) is 10.6 Å². The number of carbonyl (C=O) groups is 3. The van der Waals surface area contributed by atoms with Crippen LogP contribution < -0.4 is 10.6 Å². The van der Waals surface area contributed by atoms with Crippen LogP contribution in [0.4, 0.5) is 0 Å². The quantitative estimate of drug-likeness (QED) is 0.357. The summed E-state index contributed by atoms with van der Waals surface area (Å²) in [5.41, 5.74) is 0. The van der Waals surface area contributed by atoms with Crippen LogP contribution in [0.5, 0.6) is 0 Å². The molecule has 2 amide bonds. The Labute approximate surface area is 145 Å². The van der Waals surface area contributed by atoms with Crippen LogP contribution in [0.2, 0.25) is 0 Å². The number of ketones is 1. The lowest BCUT2D eigenvalue weighted by Gasteiger charge is -2.07. The summed E-state index contributed by atoms with van der Waals surface area (Å²) in [5, 5.41) is 14.4. The predicted octanol–water partition coefficient (Wildman–Crippen LogP) is 1.27. The third-order valence-corrected chi connectivity index (χ3v) is 6.46. The highest BCUT2D eigenvalue weighted by atomic mass is 33.1. The van der Waals surface area contributed by atoms with E-state index in [2.05, 4.69) is 10.6 Å². The lowest BCUT2D eigenvalue weighted by molar-refractivity contribution is -0.126. The Bertz CT molecular complexity index is 388. The second-order valence-electron chi connectivity index (χ2n) is 5.46. The zero-order chi connectivity index (χ0) is 16.9. The molecule has 1 saturated heterocycles. The number of hydrogen-bond acceptors (Lipinski definition) is 6. The average molecular weight is 363 g/mol. The van der Waals surface area contributed by atoms with E-state index < -0.39 is 0 Å². The van der Waals surface area contributed by atoms with Crippen molar-refractivity contribution in [2.24, 2.45) is 0 Å². The van der Waals surface area contributed by atoms with Crippen molar-refractivity contribution >= 4 is 39.2 Å². The summed E-state index contributed by atoms with van der Waals surface area (Å²) >= 11 is 0. The molecular formula is C15H26N2O4S2. The maximum absolute atomic E-state index is 11.6. The zero-order valence-corrected chi connectivity index (χ0v) is 15.0. The van der Waals surface area contributed by atoms with E-state index in [-0.39, 0.29) is 50.1 Å². The lowest BCUT2D eigenvalue weighted by Crippen LogP contribution is -2.31. The molecule has 0 bridgehead atoms. The summed E-state index contributed by atoms with van der Waals surface area (Å²) in [6, 6.07) is 0. The summed E-state index contributed by atoms with van der Waals surface area (Å²) in [6.07, 6.45) is 4.97. The summed E-state index contributed by atoms with van der Waals surface area (Å²) in [6.45, 7) is 0.0665. The van der Waals surface area contributed by atoms with Crippen molar-refractivity contribution in [1.29, 1.82) is 0 Å². The molecule has 1 heterocycles. The van der Waals surface area contributed by atoms with Gasteiger partial charge in [-0.05, 0) is 19.3 Å². The van der Waals surface area contributed by atoms with Gasteiger partial charge in [0, 0.05) is 36.8 Å². The third-order valence-electron chi connectivity index (χ3n) is 3.45. The molecule has 23 heavy (non-hydrogen) atoms. The van der Waals surface area contributed by atoms with Crippen LogP contribution in [0.1, 0.15) is 44.9 Å². The molecule has 1 fully saturated rings. The van der Waals surface area contributed by atoms with E-state index in [1.165, 1.54) is 12.2 Å². The van der Waals surface area contributed by atoms with Crippen LogP contribution in [-0.4, -0.2) is 53.4 Å². The number of unbranched alkanes of at least 4 members (excludes halogenated alkanes) is 1. The molecule has 8 heteroatoms. The van der Waals surface area contributed by atoms with Crippen LogP contribution in [-0.2, 0) is 14.4 Å². The fourth-order valence-corrected chi connectivity index (χ4v) is 5.16. The van der Waals surface area contributed by atoms with Gasteiger partial charge in [-0.3, -0.25) is 14.4 Å². The van der Waals surface area contributed by atoms with Gasteiger partial charge in [0.05, 0.1) is 13.2 Å². The van der Waals surface area contributed by atoms with Crippen molar-refractivity contribution in [3.05, 3.63) is 0 Å². The maximum atomic E-state index is 11.6. The third kappa shape index (κ3) is 10.6. The SMILES string of the molecule is O=C(CCC(=O)NCCO)CNC(=O)CCCCC1CCSS1. The standard InChI is InChI=1S/C15H26N2O4S2/c18-9-8-16-15(21)6-5-12(19)11-17-14(20)4-2-1-3-13-7-10-22-23-13/h13,18H,1-11H2,(H,16,21)(H,17,20). The second kappa shape index (κ2) is 12.7. The molecule has 3 N–H and O–H groups in total. The fourth-order valence-electron chi connectivity index (χ4n) is 2.13. The largest absolute Gasteiger partial charge is 0.395 e. The number of hydrogen-bond donors (Lipinski definition) is 3. The van der Waals surface area contributed by atoms with Gasteiger partial charge in [-0.1, -0.05) is 28.0 Å². The summed E-state index contributed by atoms with van der Waals surface area (Å²) < 4.78 is 0. The molecule has 0 radical (unpaired) electrons. The Morgan fingerprint density at radius 2 is 1.83 bits per heavy atom. The van der Waals surface area contributed by atoms with Gasteiger partial charge in [-0.15, -0.1) is 0 Å². The highest BCUT2D eigenvalue weighted by molar-refractivity contribution is 8.77. The monoisotopic (exact) mass is 362 g/mol. The first-order valence-electron chi connectivity index (χ1n) is 8.06. The molecule has 0 aliphatic carbocycles.